The molecule has 1 amide bonds. The Labute approximate surface area is 109 Å². The summed E-state index contributed by atoms with van der Waals surface area (Å²) in [5.74, 6) is -1.04. The average Bonchev–Trinajstić information content (AvgIpc) is 2.72. The van der Waals surface area contributed by atoms with Gasteiger partial charge in [-0.05, 0) is 25.1 Å². The fourth-order valence-corrected chi connectivity index (χ4v) is 2.18. The van der Waals surface area contributed by atoms with Crippen LogP contribution in [0.2, 0.25) is 0 Å². The Bertz CT molecular complexity index is 521. The van der Waals surface area contributed by atoms with Crippen LogP contribution in [0.1, 0.15) is 13.3 Å². The summed E-state index contributed by atoms with van der Waals surface area (Å²) in [7, 11) is 0. The second kappa shape index (κ2) is 5.31. The van der Waals surface area contributed by atoms with Crippen molar-refractivity contribution in [2.45, 2.75) is 19.4 Å². The van der Waals surface area contributed by atoms with E-state index in [1.165, 1.54) is 11.0 Å². The number of halogens is 1. The molecule has 19 heavy (non-hydrogen) atoms. The standard InChI is InChI=1S/C12H14FN3O3/c1-2-14-10-5-6-15(12(10)17)8-3-4-9(13)11(7-8)16(18)19/h3-4,7,10,14H,2,5-6H2,1H3. The highest BCUT2D eigenvalue weighted by atomic mass is 19.1. The summed E-state index contributed by atoms with van der Waals surface area (Å²) in [6.45, 7) is 3.05. The van der Waals surface area contributed by atoms with Crippen molar-refractivity contribution in [1.82, 2.24) is 5.32 Å². The van der Waals surface area contributed by atoms with Crippen LogP contribution < -0.4 is 10.2 Å². The van der Waals surface area contributed by atoms with Gasteiger partial charge in [-0.1, -0.05) is 6.92 Å². The minimum Gasteiger partial charge on any atom is -0.311 e. The van der Waals surface area contributed by atoms with Crippen molar-refractivity contribution in [3.05, 3.63) is 34.1 Å². The minimum absolute atomic E-state index is 0.136. The highest BCUT2D eigenvalue weighted by Crippen LogP contribution is 2.27. The Hall–Kier alpha value is -2.02. The number of amides is 1. The number of likely N-dealkylation sites (N-methyl/N-ethyl adjacent to an activating group) is 1. The van der Waals surface area contributed by atoms with Crippen molar-refractivity contribution in [2.24, 2.45) is 0 Å². The normalized spacial score (nSPS) is 18.9. The lowest BCUT2D eigenvalue weighted by atomic mass is 10.2. The van der Waals surface area contributed by atoms with Crippen molar-refractivity contribution < 1.29 is 14.1 Å². The van der Waals surface area contributed by atoms with Gasteiger partial charge in [-0.2, -0.15) is 4.39 Å². The lowest BCUT2D eigenvalue weighted by molar-refractivity contribution is -0.387. The van der Waals surface area contributed by atoms with E-state index in [9.17, 15) is 19.3 Å². The number of hydrogen-bond donors (Lipinski definition) is 1. The molecule has 1 saturated heterocycles. The van der Waals surface area contributed by atoms with Gasteiger partial charge in [0.1, 0.15) is 0 Å². The molecule has 0 bridgehead atoms. The largest absolute Gasteiger partial charge is 0.311 e. The maximum atomic E-state index is 13.2. The fraction of sp³-hybridized carbons (Fsp3) is 0.417. The van der Waals surface area contributed by atoms with Crippen molar-refractivity contribution >= 4 is 17.3 Å². The second-order valence-electron chi connectivity index (χ2n) is 4.28. The zero-order valence-corrected chi connectivity index (χ0v) is 10.4. The molecule has 0 spiro atoms. The Kier molecular flexibility index (Phi) is 3.75. The number of hydrogen-bond acceptors (Lipinski definition) is 4. The number of nitrogens with zero attached hydrogens (tertiary/aromatic N) is 2. The van der Waals surface area contributed by atoms with E-state index in [1.807, 2.05) is 6.92 Å². The summed E-state index contributed by atoms with van der Waals surface area (Å²) < 4.78 is 13.2. The third-order valence-corrected chi connectivity index (χ3v) is 3.09. The first-order valence-electron chi connectivity index (χ1n) is 6.03. The molecule has 7 heteroatoms. The van der Waals surface area contributed by atoms with Gasteiger partial charge < -0.3 is 10.2 Å². The van der Waals surface area contributed by atoms with Gasteiger partial charge in [0.05, 0.1) is 16.7 Å². The summed E-state index contributed by atoms with van der Waals surface area (Å²) in [6.07, 6.45) is 0.637. The van der Waals surface area contributed by atoms with Crippen LogP contribution in [0.5, 0.6) is 0 Å². The van der Waals surface area contributed by atoms with Gasteiger partial charge in [-0.25, -0.2) is 0 Å². The van der Waals surface area contributed by atoms with Gasteiger partial charge in [0.15, 0.2) is 0 Å². The Morgan fingerprint density at radius 2 is 2.32 bits per heavy atom. The Morgan fingerprint density at radius 3 is 2.95 bits per heavy atom. The number of rotatable bonds is 4. The van der Waals surface area contributed by atoms with Crippen LogP contribution in [-0.2, 0) is 4.79 Å². The number of nitrogens with one attached hydrogen (secondary N) is 1. The highest BCUT2D eigenvalue weighted by Gasteiger charge is 2.32. The van der Waals surface area contributed by atoms with E-state index in [0.29, 0.717) is 25.2 Å². The zero-order chi connectivity index (χ0) is 14.0. The molecule has 0 aromatic heterocycles. The molecule has 1 aliphatic heterocycles. The van der Waals surface area contributed by atoms with E-state index in [0.717, 1.165) is 12.1 Å². The van der Waals surface area contributed by atoms with Crippen molar-refractivity contribution in [2.75, 3.05) is 18.0 Å². The predicted molar refractivity (Wildman–Crippen MR) is 67.5 cm³/mol. The summed E-state index contributed by atoms with van der Waals surface area (Å²) >= 11 is 0. The first-order valence-corrected chi connectivity index (χ1v) is 6.03. The van der Waals surface area contributed by atoms with Crippen LogP contribution in [0, 0.1) is 15.9 Å². The van der Waals surface area contributed by atoms with E-state index in [-0.39, 0.29) is 11.9 Å². The van der Waals surface area contributed by atoms with Gasteiger partial charge in [0.2, 0.25) is 11.7 Å². The third-order valence-electron chi connectivity index (χ3n) is 3.09. The molecule has 1 aromatic rings. The van der Waals surface area contributed by atoms with Crippen LogP contribution in [-0.4, -0.2) is 30.0 Å². The second-order valence-corrected chi connectivity index (χ2v) is 4.28. The van der Waals surface area contributed by atoms with Gasteiger partial charge in [-0.3, -0.25) is 14.9 Å². The van der Waals surface area contributed by atoms with E-state index in [1.54, 1.807) is 0 Å². The first kappa shape index (κ1) is 13.4. The maximum absolute atomic E-state index is 13.2. The predicted octanol–water partition coefficient (Wildman–Crippen LogP) is 1.45. The monoisotopic (exact) mass is 267 g/mol. The van der Waals surface area contributed by atoms with Crippen molar-refractivity contribution in [3.8, 4) is 0 Å². The number of anilines is 1. The van der Waals surface area contributed by atoms with Crippen LogP contribution in [0.3, 0.4) is 0 Å². The molecule has 6 nitrogen and oxygen atoms in total. The SMILES string of the molecule is CCNC1CCN(c2ccc(F)c([N+](=O)[O-])c2)C1=O. The number of nitro groups is 1. The zero-order valence-electron chi connectivity index (χ0n) is 10.4. The molecular formula is C12H14FN3O3. The van der Waals surface area contributed by atoms with Gasteiger partial charge in [0.25, 0.3) is 0 Å². The smallest absolute Gasteiger partial charge is 0.306 e. The molecule has 1 heterocycles. The molecular weight excluding hydrogens is 253 g/mol. The Balaban J connectivity index is 2.26. The lowest BCUT2D eigenvalue weighted by Crippen LogP contribution is -2.38. The minimum atomic E-state index is -0.899. The molecule has 1 fully saturated rings. The highest BCUT2D eigenvalue weighted by molar-refractivity contribution is 5.99. The maximum Gasteiger partial charge on any atom is 0.306 e. The molecule has 1 atom stereocenters. The fourth-order valence-electron chi connectivity index (χ4n) is 2.18. The van der Waals surface area contributed by atoms with E-state index in [2.05, 4.69) is 5.32 Å². The quantitative estimate of drug-likeness (QED) is 0.661. The van der Waals surface area contributed by atoms with Crippen LogP contribution in [0.15, 0.2) is 18.2 Å². The van der Waals surface area contributed by atoms with Gasteiger partial charge >= 0.3 is 5.69 Å². The van der Waals surface area contributed by atoms with E-state index >= 15 is 0 Å². The number of benzene rings is 1. The van der Waals surface area contributed by atoms with Crippen molar-refractivity contribution in [1.29, 1.82) is 0 Å². The molecule has 1 unspecified atom stereocenters. The van der Waals surface area contributed by atoms with Crippen LogP contribution >= 0.6 is 0 Å². The van der Waals surface area contributed by atoms with E-state index in [4.69, 9.17) is 0 Å². The summed E-state index contributed by atoms with van der Waals surface area (Å²) in [6, 6.07) is 3.23. The van der Waals surface area contributed by atoms with Crippen molar-refractivity contribution in [3.63, 3.8) is 0 Å². The Morgan fingerprint density at radius 1 is 1.58 bits per heavy atom. The molecule has 1 aromatic carbocycles. The number of carbonyl (C=O) groups is 1. The molecule has 0 radical (unpaired) electrons. The molecule has 1 N–H and O–H groups in total. The number of carbonyl (C=O) groups excluding carboxylic acids is 1. The molecule has 0 saturated carbocycles. The third kappa shape index (κ3) is 2.55. The summed E-state index contributed by atoms with van der Waals surface area (Å²) in [5, 5.41) is 13.7. The summed E-state index contributed by atoms with van der Waals surface area (Å²) in [4.78, 5) is 23.4. The topological polar surface area (TPSA) is 75.5 Å². The molecule has 1 aliphatic rings. The molecule has 2 rings (SSSR count). The summed E-state index contributed by atoms with van der Waals surface area (Å²) in [5.41, 5.74) is -0.254. The molecule has 102 valence electrons. The van der Waals surface area contributed by atoms with E-state index < -0.39 is 16.4 Å². The van der Waals surface area contributed by atoms with Gasteiger partial charge in [0, 0.05) is 12.6 Å². The molecule has 0 aliphatic carbocycles. The lowest BCUT2D eigenvalue weighted by Gasteiger charge is -2.16. The van der Waals surface area contributed by atoms with Crippen LogP contribution in [0.25, 0.3) is 0 Å². The number of nitro benzene ring substituents is 1. The average molecular weight is 267 g/mol. The first-order chi connectivity index (χ1) is 9.04. The van der Waals surface area contributed by atoms with Crippen LogP contribution in [0.4, 0.5) is 15.8 Å². The van der Waals surface area contributed by atoms with Gasteiger partial charge in [-0.15, -0.1) is 0 Å².